The maximum absolute atomic E-state index is 11.3. The zero-order chi connectivity index (χ0) is 15.8. The zero-order valence-electron chi connectivity index (χ0n) is 12.9. The molecule has 1 aromatic carbocycles. The summed E-state index contributed by atoms with van der Waals surface area (Å²) in [6.07, 6.45) is 0.438. The van der Waals surface area contributed by atoms with Crippen LogP contribution in [-0.2, 0) is 22.5 Å². The number of esters is 1. The van der Waals surface area contributed by atoms with Crippen LogP contribution in [0.4, 0.5) is 0 Å². The van der Waals surface area contributed by atoms with Crippen LogP contribution in [-0.4, -0.2) is 35.5 Å². The SMILES string of the molecule is Cc1csc([C@H]2CN(Cc3ccc4c(c3)OC(=O)C4)CCO2)n1. The van der Waals surface area contributed by atoms with Crippen molar-refractivity contribution in [1.29, 1.82) is 0 Å². The van der Waals surface area contributed by atoms with Gasteiger partial charge in [0.2, 0.25) is 0 Å². The van der Waals surface area contributed by atoms with Crippen molar-refractivity contribution in [2.24, 2.45) is 0 Å². The fourth-order valence-electron chi connectivity index (χ4n) is 3.03. The third kappa shape index (κ3) is 3.15. The molecule has 0 radical (unpaired) electrons. The van der Waals surface area contributed by atoms with Crippen LogP contribution in [0.3, 0.4) is 0 Å². The summed E-state index contributed by atoms with van der Waals surface area (Å²) in [5, 5.41) is 3.11. The fraction of sp³-hybridized carbons (Fsp3) is 0.412. The smallest absolute Gasteiger partial charge is 0.315 e. The quantitative estimate of drug-likeness (QED) is 0.639. The molecule has 5 nitrogen and oxygen atoms in total. The number of fused-ring (bicyclic) bond motifs is 1. The van der Waals surface area contributed by atoms with E-state index in [1.165, 1.54) is 0 Å². The van der Waals surface area contributed by atoms with Crippen molar-refractivity contribution in [1.82, 2.24) is 9.88 Å². The second-order valence-corrected chi connectivity index (χ2v) is 6.90. The van der Waals surface area contributed by atoms with Crippen LogP contribution in [0.2, 0.25) is 0 Å². The Labute approximate surface area is 138 Å². The van der Waals surface area contributed by atoms with Gasteiger partial charge in [-0.15, -0.1) is 11.3 Å². The van der Waals surface area contributed by atoms with Gasteiger partial charge in [-0.25, -0.2) is 4.98 Å². The zero-order valence-corrected chi connectivity index (χ0v) is 13.8. The Bertz CT molecular complexity index is 743. The first-order chi connectivity index (χ1) is 11.2. The minimum absolute atomic E-state index is 0.0507. The number of thiazole rings is 1. The van der Waals surface area contributed by atoms with Crippen molar-refractivity contribution in [3.05, 3.63) is 45.4 Å². The maximum Gasteiger partial charge on any atom is 0.315 e. The van der Waals surface area contributed by atoms with Crippen LogP contribution in [0.5, 0.6) is 5.75 Å². The Morgan fingerprint density at radius 3 is 3.17 bits per heavy atom. The molecular weight excluding hydrogens is 312 g/mol. The van der Waals surface area contributed by atoms with E-state index in [1.807, 2.05) is 19.1 Å². The standard InChI is InChI=1S/C17H18N2O3S/c1-11-10-23-17(18-11)15-9-19(4-5-21-15)8-12-2-3-13-7-16(20)22-14(13)6-12/h2-3,6,10,15H,4-5,7-9H2,1H3/t15-/m1/s1. The van der Waals surface area contributed by atoms with E-state index in [1.54, 1.807) is 11.3 Å². The molecule has 1 aromatic heterocycles. The number of hydrogen-bond acceptors (Lipinski definition) is 6. The van der Waals surface area contributed by atoms with Crippen molar-refractivity contribution < 1.29 is 14.3 Å². The van der Waals surface area contributed by atoms with Gasteiger partial charge >= 0.3 is 5.97 Å². The number of carbonyl (C=O) groups is 1. The van der Waals surface area contributed by atoms with E-state index in [0.29, 0.717) is 18.8 Å². The predicted octanol–water partition coefficient (Wildman–Crippen LogP) is 2.49. The molecule has 2 aliphatic heterocycles. The highest BCUT2D eigenvalue weighted by molar-refractivity contribution is 7.09. The van der Waals surface area contributed by atoms with E-state index in [0.717, 1.165) is 41.5 Å². The Hall–Kier alpha value is -1.76. The van der Waals surface area contributed by atoms with Crippen LogP contribution < -0.4 is 4.74 Å². The number of morpholine rings is 1. The van der Waals surface area contributed by atoms with Gasteiger partial charge in [0.1, 0.15) is 16.9 Å². The van der Waals surface area contributed by atoms with Gasteiger partial charge in [0, 0.05) is 36.3 Å². The molecule has 23 heavy (non-hydrogen) atoms. The van der Waals surface area contributed by atoms with Crippen molar-refractivity contribution in [3.8, 4) is 5.75 Å². The summed E-state index contributed by atoms with van der Waals surface area (Å²) in [7, 11) is 0. The lowest BCUT2D eigenvalue weighted by Crippen LogP contribution is -2.37. The molecule has 0 aliphatic carbocycles. The van der Waals surface area contributed by atoms with Crippen molar-refractivity contribution in [2.75, 3.05) is 19.7 Å². The van der Waals surface area contributed by atoms with Crippen molar-refractivity contribution >= 4 is 17.3 Å². The topological polar surface area (TPSA) is 51.7 Å². The van der Waals surface area contributed by atoms with Crippen molar-refractivity contribution in [2.45, 2.75) is 26.0 Å². The van der Waals surface area contributed by atoms with E-state index >= 15 is 0 Å². The summed E-state index contributed by atoms with van der Waals surface area (Å²) in [6, 6.07) is 6.06. The summed E-state index contributed by atoms with van der Waals surface area (Å²) in [6.45, 7) is 5.28. The Morgan fingerprint density at radius 1 is 1.43 bits per heavy atom. The molecule has 0 spiro atoms. The molecule has 0 unspecified atom stereocenters. The average molecular weight is 330 g/mol. The maximum atomic E-state index is 11.3. The minimum atomic E-state index is -0.164. The van der Waals surface area contributed by atoms with E-state index in [4.69, 9.17) is 9.47 Å². The summed E-state index contributed by atoms with van der Waals surface area (Å²) in [5.41, 5.74) is 3.19. The molecule has 6 heteroatoms. The Balaban J connectivity index is 1.44. The van der Waals surface area contributed by atoms with Crippen LogP contribution in [0.15, 0.2) is 23.6 Å². The summed E-state index contributed by atoms with van der Waals surface area (Å²) in [5.74, 6) is 0.551. The molecule has 120 valence electrons. The van der Waals surface area contributed by atoms with Gasteiger partial charge in [0.15, 0.2) is 0 Å². The molecular formula is C17H18N2O3S. The number of carbonyl (C=O) groups excluding carboxylic acids is 1. The third-order valence-corrected chi connectivity index (χ3v) is 5.21. The lowest BCUT2D eigenvalue weighted by molar-refractivity contribution is -0.131. The summed E-state index contributed by atoms with van der Waals surface area (Å²) in [4.78, 5) is 18.3. The monoisotopic (exact) mass is 330 g/mol. The number of aromatic nitrogens is 1. The second-order valence-electron chi connectivity index (χ2n) is 6.01. The highest BCUT2D eigenvalue weighted by atomic mass is 32.1. The van der Waals surface area contributed by atoms with E-state index < -0.39 is 0 Å². The van der Waals surface area contributed by atoms with Crippen molar-refractivity contribution in [3.63, 3.8) is 0 Å². The first-order valence-corrected chi connectivity index (χ1v) is 8.64. The summed E-state index contributed by atoms with van der Waals surface area (Å²) < 4.78 is 11.1. The highest BCUT2D eigenvalue weighted by Crippen LogP contribution is 2.29. The number of hydrogen-bond donors (Lipinski definition) is 0. The molecule has 0 amide bonds. The summed E-state index contributed by atoms with van der Waals surface area (Å²) >= 11 is 1.66. The van der Waals surface area contributed by atoms with Crippen LogP contribution in [0.1, 0.15) is 27.9 Å². The van der Waals surface area contributed by atoms with Gasteiger partial charge in [-0.1, -0.05) is 12.1 Å². The molecule has 1 fully saturated rings. The lowest BCUT2D eigenvalue weighted by atomic mass is 10.1. The first-order valence-electron chi connectivity index (χ1n) is 7.76. The lowest BCUT2D eigenvalue weighted by Gasteiger charge is -2.32. The second kappa shape index (κ2) is 6.03. The molecule has 4 rings (SSSR count). The van der Waals surface area contributed by atoms with Gasteiger partial charge in [-0.05, 0) is 18.6 Å². The molecule has 3 heterocycles. The number of ether oxygens (including phenoxy) is 2. The molecule has 0 N–H and O–H groups in total. The minimum Gasteiger partial charge on any atom is -0.426 e. The third-order valence-electron chi connectivity index (χ3n) is 4.16. The van der Waals surface area contributed by atoms with E-state index in [-0.39, 0.29) is 12.1 Å². The largest absolute Gasteiger partial charge is 0.426 e. The molecule has 0 bridgehead atoms. The van der Waals surface area contributed by atoms with E-state index in [9.17, 15) is 4.79 Å². The molecule has 0 saturated carbocycles. The number of rotatable bonds is 3. The number of nitrogens with zero attached hydrogens (tertiary/aromatic N) is 2. The van der Waals surface area contributed by atoms with Gasteiger partial charge in [0.05, 0.1) is 13.0 Å². The van der Waals surface area contributed by atoms with Gasteiger partial charge in [-0.2, -0.15) is 0 Å². The number of aryl methyl sites for hydroxylation is 1. The highest BCUT2D eigenvalue weighted by Gasteiger charge is 2.25. The van der Waals surface area contributed by atoms with Crippen LogP contribution in [0.25, 0.3) is 0 Å². The fourth-order valence-corrected chi connectivity index (χ4v) is 3.86. The Morgan fingerprint density at radius 2 is 2.35 bits per heavy atom. The van der Waals surface area contributed by atoms with Crippen LogP contribution >= 0.6 is 11.3 Å². The molecule has 2 aromatic rings. The predicted molar refractivity (Wildman–Crippen MR) is 86.6 cm³/mol. The molecule has 1 saturated heterocycles. The van der Waals surface area contributed by atoms with Gasteiger partial charge in [0.25, 0.3) is 0 Å². The Kier molecular flexibility index (Phi) is 3.88. The first kappa shape index (κ1) is 14.8. The van der Waals surface area contributed by atoms with E-state index in [2.05, 4.69) is 21.3 Å². The average Bonchev–Trinajstić information content (AvgIpc) is 3.12. The number of benzene rings is 1. The van der Waals surface area contributed by atoms with Gasteiger partial charge in [-0.3, -0.25) is 9.69 Å². The molecule has 2 aliphatic rings. The van der Waals surface area contributed by atoms with Gasteiger partial charge < -0.3 is 9.47 Å². The van der Waals surface area contributed by atoms with Crippen LogP contribution in [0, 0.1) is 6.92 Å². The molecule has 1 atom stereocenters. The normalized spacial score (nSPS) is 21.3.